The highest BCUT2D eigenvalue weighted by atomic mass is 16.7. The normalized spacial score (nSPS) is 13.1. The molecule has 0 spiro atoms. The van der Waals surface area contributed by atoms with Gasteiger partial charge in [0.25, 0.3) is 11.1 Å². The van der Waals surface area contributed by atoms with E-state index < -0.39 is 18.2 Å². The Morgan fingerprint density at radius 2 is 1.27 bits per heavy atom. The number of aryl methyl sites for hydroxylation is 2. The molecule has 2 aromatic carbocycles. The zero-order valence-corrected chi connectivity index (χ0v) is 23.2. The molecular weight excluding hydrogens is 532 g/mol. The molecule has 1 aliphatic rings. The Bertz CT molecular complexity index is 1750. The van der Waals surface area contributed by atoms with Crippen LogP contribution in [0.5, 0.6) is 0 Å². The monoisotopic (exact) mass is 562 g/mol. The van der Waals surface area contributed by atoms with Crippen LogP contribution in [-0.2, 0) is 36.8 Å². The first-order chi connectivity index (χ1) is 19.7. The quantitative estimate of drug-likeness (QED) is 0.257. The topological polar surface area (TPSA) is 132 Å². The minimum Gasteiger partial charge on any atom is -0.465 e. The van der Waals surface area contributed by atoms with E-state index in [9.17, 15) is 24.0 Å². The van der Waals surface area contributed by atoms with Crippen molar-refractivity contribution in [2.24, 2.45) is 0 Å². The number of hydrogen-bond acceptors (Lipinski definition) is 9. The molecule has 3 heterocycles. The van der Waals surface area contributed by atoms with E-state index in [1.54, 1.807) is 34.9 Å². The van der Waals surface area contributed by atoms with Crippen molar-refractivity contribution in [3.63, 3.8) is 0 Å². The molecule has 41 heavy (non-hydrogen) atoms. The molecule has 2 aromatic heterocycles. The Kier molecular flexibility index (Phi) is 9.10. The molecule has 1 fully saturated rings. The first kappa shape index (κ1) is 29.4. The lowest BCUT2D eigenvalue weighted by molar-refractivity contribution is -0.108. The second-order valence-corrected chi connectivity index (χ2v) is 9.38. The molecule has 0 N–H and O–H groups in total. The van der Waals surface area contributed by atoms with Gasteiger partial charge in [-0.05, 0) is 61.4 Å². The van der Waals surface area contributed by atoms with E-state index in [4.69, 9.17) is 18.9 Å². The summed E-state index contributed by atoms with van der Waals surface area (Å²) in [5.41, 5.74) is 3.32. The fourth-order valence-electron chi connectivity index (χ4n) is 4.75. The Hall–Kier alpha value is -4.61. The summed E-state index contributed by atoms with van der Waals surface area (Å²) in [5, 5.41) is 1.27. The maximum atomic E-state index is 12.2. The SMILES string of the molecule is COC(=O)c1cc(C)cc2c1ccc(=O)n2CC1OCCO1.COC(=O)c1cc(C)cc2c1ccc(=O)n2CC=O. The van der Waals surface area contributed by atoms with Crippen LogP contribution in [0, 0.1) is 13.8 Å². The van der Waals surface area contributed by atoms with E-state index in [1.165, 1.54) is 30.9 Å². The second-order valence-electron chi connectivity index (χ2n) is 9.38. The number of benzene rings is 2. The van der Waals surface area contributed by atoms with Crippen LogP contribution in [0.1, 0.15) is 31.8 Å². The molecule has 1 saturated heterocycles. The van der Waals surface area contributed by atoms with Crippen molar-refractivity contribution in [3.8, 4) is 0 Å². The predicted molar refractivity (Wildman–Crippen MR) is 150 cm³/mol. The molecule has 214 valence electrons. The minimum atomic E-state index is -0.468. The van der Waals surface area contributed by atoms with Crippen LogP contribution in [-0.4, -0.2) is 61.1 Å². The van der Waals surface area contributed by atoms with Gasteiger partial charge in [0.2, 0.25) is 0 Å². The summed E-state index contributed by atoms with van der Waals surface area (Å²) in [6.07, 6.45) is 0.214. The molecule has 4 aromatic rings. The summed E-state index contributed by atoms with van der Waals surface area (Å²) >= 11 is 0. The summed E-state index contributed by atoms with van der Waals surface area (Å²) in [7, 11) is 2.64. The molecule has 0 unspecified atom stereocenters. The van der Waals surface area contributed by atoms with E-state index >= 15 is 0 Å². The molecule has 0 bridgehead atoms. The lowest BCUT2D eigenvalue weighted by atomic mass is 10.0. The lowest BCUT2D eigenvalue weighted by Crippen LogP contribution is -2.27. The molecule has 0 radical (unpaired) electrons. The average molecular weight is 563 g/mol. The molecule has 11 heteroatoms. The summed E-state index contributed by atoms with van der Waals surface area (Å²) in [6.45, 7) is 4.98. The highest BCUT2D eigenvalue weighted by Gasteiger charge is 2.20. The number of rotatable bonds is 6. The van der Waals surface area contributed by atoms with Crippen LogP contribution in [0.15, 0.2) is 58.1 Å². The number of pyridine rings is 2. The third kappa shape index (κ3) is 6.26. The number of methoxy groups -OCH3 is 2. The van der Waals surface area contributed by atoms with Crippen LogP contribution in [0.2, 0.25) is 0 Å². The standard InChI is InChI=1S/C16H17NO5.C14H13NO4/c1-10-7-12(16(19)20-2)11-3-4-14(18)17(13(11)8-10)9-15-21-5-6-22-15;1-9-7-11(14(18)19-2)10-3-4-13(17)15(5-6-16)12(10)8-9/h3-4,7-8,15H,5-6,9H2,1-2H3;3-4,6-8H,5H2,1-2H3. The predicted octanol–water partition coefficient (Wildman–Crippen LogP) is 2.76. The summed E-state index contributed by atoms with van der Waals surface area (Å²) in [4.78, 5) is 58.4. The van der Waals surface area contributed by atoms with Crippen LogP contribution in [0.3, 0.4) is 0 Å². The van der Waals surface area contributed by atoms with Crippen molar-refractivity contribution in [1.29, 1.82) is 0 Å². The summed E-state index contributed by atoms with van der Waals surface area (Å²) in [6, 6.07) is 13.1. The van der Waals surface area contributed by atoms with Gasteiger partial charge in [-0.1, -0.05) is 0 Å². The van der Waals surface area contributed by atoms with Crippen LogP contribution in [0.4, 0.5) is 0 Å². The third-order valence-electron chi connectivity index (χ3n) is 6.59. The fourth-order valence-corrected chi connectivity index (χ4v) is 4.75. The molecule has 5 rings (SSSR count). The number of nitrogens with zero attached hydrogens (tertiary/aromatic N) is 2. The molecule has 0 saturated carbocycles. The maximum Gasteiger partial charge on any atom is 0.338 e. The Morgan fingerprint density at radius 1 is 0.805 bits per heavy atom. The Balaban J connectivity index is 0.000000191. The van der Waals surface area contributed by atoms with Gasteiger partial charge in [0.15, 0.2) is 6.29 Å². The number of aldehydes is 1. The van der Waals surface area contributed by atoms with Crippen molar-refractivity contribution in [3.05, 3.63) is 91.5 Å². The van der Waals surface area contributed by atoms with Crippen molar-refractivity contribution >= 4 is 40.0 Å². The van der Waals surface area contributed by atoms with Gasteiger partial charge in [-0.25, -0.2) is 9.59 Å². The van der Waals surface area contributed by atoms with Gasteiger partial charge in [-0.15, -0.1) is 0 Å². The van der Waals surface area contributed by atoms with Gasteiger partial charge in [-0.2, -0.15) is 0 Å². The molecular formula is C30H30N2O9. The zero-order valence-electron chi connectivity index (χ0n) is 23.2. The number of fused-ring (bicyclic) bond motifs is 2. The number of hydrogen-bond donors (Lipinski definition) is 0. The van der Waals surface area contributed by atoms with Gasteiger partial charge in [0.05, 0.1) is 62.7 Å². The van der Waals surface area contributed by atoms with Crippen LogP contribution in [0.25, 0.3) is 21.8 Å². The molecule has 0 amide bonds. The van der Waals surface area contributed by atoms with Crippen LogP contribution >= 0.6 is 0 Å². The van der Waals surface area contributed by atoms with E-state index in [-0.39, 0.29) is 17.7 Å². The largest absolute Gasteiger partial charge is 0.465 e. The maximum absolute atomic E-state index is 12.2. The average Bonchev–Trinajstić information content (AvgIpc) is 3.48. The number of esters is 2. The third-order valence-corrected chi connectivity index (χ3v) is 6.59. The molecule has 1 aliphatic heterocycles. The molecule has 11 nitrogen and oxygen atoms in total. The van der Waals surface area contributed by atoms with Crippen molar-refractivity contribution in [2.75, 3.05) is 27.4 Å². The molecule has 0 aliphatic carbocycles. The van der Waals surface area contributed by atoms with Crippen molar-refractivity contribution in [1.82, 2.24) is 9.13 Å². The van der Waals surface area contributed by atoms with E-state index in [2.05, 4.69) is 0 Å². The Morgan fingerprint density at radius 3 is 1.73 bits per heavy atom. The summed E-state index contributed by atoms with van der Waals surface area (Å²) in [5.74, 6) is -0.891. The van der Waals surface area contributed by atoms with E-state index in [0.717, 1.165) is 11.1 Å². The van der Waals surface area contributed by atoms with Gasteiger partial charge < -0.3 is 32.9 Å². The highest BCUT2D eigenvalue weighted by Crippen LogP contribution is 2.22. The van der Waals surface area contributed by atoms with Gasteiger partial charge in [0.1, 0.15) is 6.29 Å². The minimum absolute atomic E-state index is 0.0414. The van der Waals surface area contributed by atoms with Gasteiger partial charge in [0, 0.05) is 22.9 Å². The van der Waals surface area contributed by atoms with Crippen molar-refractivity contribution in [2.45, 2.75) is 33.2 Å². The Labute approximate surface area is 234 Å². The number of carbonyl (C=O) groups is 3. The van der Waals surface area contributed by atoms with Crippen LogP contribution < -0.4 is 11.1 Å². The first-order valence-corrected chi connectivity index (χ1v) is 12.8. The fraction of sp³-hybridized carbons (Fsp3) is 0.300. The van der Waals surface area contributed by atoms with Gasteiger partial charge >= 0.3 is 11.9 Å². The van der Waals surface area contributed by atoms with E-state index in [1.807, 2.05) is 19.9 Å². The van der Waals surface area contributed by atoms with E-state index in [0.29, 0.717) is 59.0 Å². The molecule has 0 atom stereocenters. The first-order valence-electron chi connectivity index (χ1n) is 12.8. The smallest absolute Gasteiger partial charge is 0.338 e. The number of aromatic nitrogens is 2. The highest BCUT2D eigenvalue weighted by molar-refractivity contribution is 6.04. The zero-order chi connectivity index (χ0) is 29.7. The van der Waals surface area contributed by atoms with Gasteiger partial charge in [-0.3, -0.25) is 9.59 Å². The summed E-state index contributed by atoms with van der Waals surface area (Å²) < 4.78 is 23.3. The number of carbonyl (C=O) groups excluding carboxylic acids is 3. The number of ether oxygens (including phenoxy) is 4. The van der Waals surface area contributed by atoms with Crippen molar-refractivity contribution < 1.29 is 33.3 Å². The lowest BCUT2D eigenvalue weighted by Gasteiger charge is -2.16. The second kappa shape index (κ2) is 12.7.